The van der Waals surface area contributed by atoms with Gasteiger partial charge in [0.1, 0.15) is 0 Å². The average molecular weight is 330 g/mol. The minimum absolute atomic E-state index is 0.0637. The van der Waals surface area contributed by atoms with Crippen LogP contribution in [-0.4, -0.2) is 33.3 Å². The van der Waals surface area contributed by atoms with Gasteiger partial charge in [-0.25, -0.2) is 18.1 Å². The molecule has 1 aromatic heterocycles. The van der Waals surface area contributed by atoms with Crippen LogP contribution in [0.5, 0.6) is 0 Å². The number of H-pyrrole nitrogens is 1. The summed E-state index contributed by atoms with van der Waals surface area (Å²) < 4.78 is 52.0. The second kappa shape index (κ2) is 5.84. The molecule has 0 aliphatic rings. The Morgan fingerprint density at radius 1 is 1.10 bits per heavy atom. The number of aromatic amines is 1. The van der Waals surface area contributed by atoms with Crippen LogP contribution in [0.2, 0.25) is 0 Å². The fourth-order valence-electron chi connectivity index (χ4n) is 1.58. The lowest BCUT2D eigenvalue weighted by atomic mass is 10.3. The lowest BCUT2D eigenvalue weighted by Gasteiger charge is -2.08. The Morgan fingerprint density at radius 2 is 1.76 bits per heavy atom. The van der Waals surface area contributed by atoms with Gasteiger partial charge in [0, 0.05) is 12.2 Å². The van der Waals surface area contributed by atoms with Crippen molar-refractivity contribution in [1.29, 1.82) is 0 Å². The van der Waals surface area contributed by atoms with E-state index in [1.165, 1.54) is 36.8 Å². The molecule has 0 radical (unpaired) electrons. The zero-order chi connectivity index (χ0) is 15.5. The molecular formula is C11H14N4O4S2. The van der Waals surface area contributed by atoms with E-state index < -0.39 is 20.0 Å². The molecule has 0 saturated carbocycles. The van der Waals surface area contributed by atoms with Gasteiger partial charge in [-0.2, -0.15) is 8.42 Å². The highest BCUT2D eigenvalue weighted by atomic mass is 32.2. The third kappa shape index (κ3) is 3.60. The molecule has 8 nitrogen and oxygen atoms in total. The molecule has 3 N–H and O–H groups in total. The monoisotopic (exact) mass is 330 g/mol. The molecule has 10 heteroatoms. The zero-order valence-electron chi connectivity index (χ0n) is 11.1. The van der Waals surface area contributed by atoms with Crippen LogP contribution in [0.15, 0.2) is 46.7 Å². The lowest BCUT2D eigenvalue weighted by Crippen LogP contribution is -2.23. The zero-order valence-corrected chi connectivity index (χ0v) is 12.7. The molecule has 2 rings (SSSR count). The molecule has 0 bridgehead atoms. The van der Waals surface area contributed by atoms with Gasteiger partial charge in [0.05, 0.1) is 17.4 Å². The number of hydrogen-bond donors (Lipinski definition) is 3. The smallest absolute Gasteiger partial charge is 0.278 e. The van der Waals surface area contributed by atoms with Gasteiger partial charge >= 0.3 is 0 Å². The Balaban J connectivity index is 2.21. The van der Waals surface area contributed by atoms with Crippen molar-refractivity contribution in [2.24, 2.45) is 0 Å². The molecule has 1 aromatic carbocycles. The largest absolute Gasteiger partial charge is 0.334 e. The minimum atomic E-state index is -3.76. The fraction of sp³-hybridized carbons (Fsp3) is 0.182. The molecule has 0 fully saturated rings. The first-order valence-electron chi connectivity index (χ1n) is 5.96. The highest BCUT2D eigenvalue weighted by Crippen LogP contribution is 2.17. The molecule has 0 spiro atoms. The number of aromatic nitrogens is 2. The molecular weight excluding hydrogens is 316 g/mol. The quantitative estimate of drug-likeness (QED) is 0.712. The molecule has 1 heterocycles. The third-order valence-electron chi connectivity index (χ3n) is 2.51. The van der Waals surface area contributed by atoms with Crippen LogP contribution in [0, 0.1) is 0 Å². The third-order valence-corrected chi connectivity index (χ3v) is 5.38. The molecule has 0 aliphatic heterocycles. The Bertz CT molecular complexity index is 796. The van der Waals surface area contributed by atoms with Gasteiger partial charge in [0.25, 0.3) is 10.0 Å². The van der Waals surface area contributed by atoms with E-state index in [0.29, 0.717) is 0 Å². The Kier molecular flexibility index (Phi) is 4.30. The maximum absolute atomic E-state index is 11.9. The number of anilines is 1. The van der Waals surface area contributed by atoms with Gasteiger partial charge < -0.3 is 4.98 Å². The second-order valence-electron chi connectivity index (χ2n) is 4.05. The Labute approximate surface area is 122 Å². The first-order chi connectivity index (χ1) is 9.85. The normalized spacial score (nSPS) is 12.2. The van der Waals surface area contributed by atoms with Crippen molar-refractivity contribution in [2.75, 3.05) is 11.3 Å². The number of nitrogens with zero attached hydrogens (tertiary/aromatic N) is 1. The van der Waals surface area contributed by atoms with Gasteiger partial charge in [-0.1, -0.05) is 6.92 Å². The maximum atomic E-state index is 11.9. The van der Waals surface area contributed by atoms with E-state index in [1.807, 2.05) is 0 Å². The summed E-state index contributed by atoms with van der Waals surface area (Å²) in [6.07, 6.45) is 2.42. The first kappa shape index (κ1) is 15.5. The molecule has 21 heavy (non-hydrogen) atoms. The SMILES string of the molecule is CCNS(=O)(=O)c1ccc(NS(=O)(=O)c2cnc[nH]2)cc1. The molecule has 0 atom stereocenters. The van der Waals surface area contributed by atoms with Crippen LogP contribution >= 0.6 is 0 Å². The van der Waals surface area contributed by atoms with Gasteiger partial charge in [-0.3, -0.25) is 4.72 Å². The van der Waals surface area contributed by atoms with Crippen LogP contribution < -0.4 is 9.44 Å². The van der Waals surface area contributed by atoms with Gasteiger partial charge in [0.2, 0.25) is 10.0 Å². The van der Waals surface area contributed by atoms with Crippen molar-refractivity contribution >= 4 is 25.7 Å². The first-order valence-corrected chi connectivity index (χ1v) is 8.93. The van der Waals surface area contributed by atoms with Crippen molar-refractivity contribution in [3.8, 4) is 0 Å². The van der Waals surface area contributed by atoms with E-state index in [-0.39, 0.29) is 22.2 Å². The summed E-state index contributed by atoms with van der Waals surface area (Å²) in [5.74, 6) is 0. The summed E-state index contributed by atoms with van der Waals surface area (Å²) in [5, 5.41) is -0.0770. The number of sulfonamides is 2. The highest BCUT2D eigenvalue weighted by molar-refractivity contribution is 7.92. The number of imidazole rings is 1. The average Bonchev–Trinajstić information content (AvgIpc) is 2.93. The molecule has 0 amide bonds. The van der Waals surface area contributed by atoms with Crippen molar-refractivity contribution in [3.05, 3.63) is 36.8 Å². The van der Waals surface area contributed by atoms with Gasteiger partial charge in [0.15, 0.2) is 5.03 Å². The van der Waals surface area contributed by atoms with E-state index in [9.17, 15) is 16.8 Å². The molecule has 0 aliphatic carbocycles. The number of hydrogen-bond acceptors (Lipinski definition) is 5. The molecule has 0 unspecified atom stereocenters. The van der Waals surface area contributed by atoms with Crippen molar-refractivity contribution in [3.63, 3.8) is 0 Å². The topological polar surface area (TPSA) is 121 Å². The van der Waals surface area contributed by atoms with E-state index in [1.54, 1.807) is 6.92 Å². The molecule has 2 aromatic rings. The number of nitrogens with one attached hydrogen (secondary N) is 3. The Morgan fingerprint density at radius 3 is 2.29 bits per heavy atom. The van der Waals surface area contributed by atoms with Crippen LogP contribution in [0.3, 0.4) is 0 Å². The van der Waals surface area contributed by atoms with Crippen molar-refractivity contribution in [1.82, 2.24) is 14.7 Å². The predicted octanol–water partition coefficient (Wildman–Crippen LogP) is 0.509. The molecule has 0 saturated heterocycles. The summed E-state index contributed by atoms with van der Waals surface area (Å²) >= 11 is 0. The fourth-order valence-corrected chi connectivity index (χ4v) is 3.58. The van der Waals surface area contributed by atoms with Crippen LogP contribution in [0.4, 0.5) is 5.69 Å². The van der Waals surface area contributed by atoms with Crippen LogP contribution in [0.1, 0.15) is 6.92 Å². The summed E-state index contributed by atoms with van der Waals surface area (Å²) in [7, 11) is -7.32. The predicted molar refractivity (Wildman–Crippen MR) is 76.7 cm³/mol. The summed E-state index contributed by atoms with van der Waals surface area (Å²) in [6.45, 7) is 1.95. The van der Waals surface area contributed by atoms with Crippen LogP contribution in [-0.2, 0) is 20.0 Å². The van der Waals surface area contributed by atoms with E-state index >= 15 is 0 Å². The van der Waals surface area contributed by atoms with E-state index in [4.69, 9.17) is 0 Å². The van der Waals surface area contributed by atoms with Gasteiger partial charge in [-0.15, -0.1) is 0 Å². The van der Waals surface area contributed by atoms with Crippen molar-refractivity contribution < 1.29 is 16.8 Å². The second-order valence-corrected chi connectivity index (χ2v) is 7.46. The number of rotatable bonds is 6. The summed E-state index contributed by atoms with van der Waals surface area (Å²) in [5.41, 5.74) is 0.250. The van der Waals surface area contributed by atoms with Crippen LogP contribution in [0.25, 0.3) is 0 Å². The Hall–Kier alpha value is -1.91. The summed E-state index contributed by atoms with van der Waals surface area (Å²) in [6, 6.07) is 5.39. The van der Waals surface area contributed by atoms with Gasteiger partial charge in [-0.05, 0) is 24.3 Å². The minimum Gasteiger partial charge on any atom is -0.334 e. The molecule has 114 valence electrons. The maximum Gasteiger partial charge on any atom is 0.278 e. The lowest BCUT2D eigenvalue weighted by molar-refractivity contribution is 0.584. The summed E-state index contributed by atoms with van der Waals surface area (Å²) in [4.78, 5) is 6.18. The number of benzene rings is 1. The van der Waals surface area contributed by atoms with Crippen molar-refractivity contribution in [2.45, 2.75) is 16.8 Å². The van der Waals surface area contributed by atoms with E-state index in [0.717, 1.165) is 0 Å². The highest BCUT2D eigenvalue weighted by Gasteiger charge is 2.16. The standard InChI is InChI=1S/C11H14N4O4S2/c1-2-14-20(16,17)10-5-3-9(4-6-10)15-21(18,19)11-7-12-8-13-11/h3-8,14-15H,2H2,1H3,(H,12,13). The van der Waals surface area contributed by atoms with E-state index in [2.05, 4.69) is 19.4 Å².